The number of benzene rings is 2. The molecule has 5 heteroatoms. The van der Waals surface area contributed by atoms with Gasteiger partial charge in [-0.2, -0.15) is 0 Å². The van der Waals surface area contributed by atoms with Gasteiger partial charge in [-0.3, -0.25) is 4.79 Å². The van der Waals surface area contributed by atoms with Gasteiger partial charge >= 0.3 is 0 Å². The van der Waals surface area contributed by atoms with Gasteiger partial charge in [-0.1, -0.05) is 43.3 Å². The lowest BCUT2D eigenvalue weighted by atomic mass is 10.1. The summed E-state index contributed by atoms with van der Waals surface area (Å²) < 4.78 is 11.0. The fourth-order valence-corrected chi connectivity index (χ4v) is 2.48. The second kappa shape index (κ2) is 10.5. The number of carbonyl (C=O) groups excluding carboxylic acids is 1. The Balaban J connectivity index is 1.96. The minimum Gasteiger partial charge on any atom is -0.488 e. The molecule has 134 valence electrons. The minimum atomic E-state index is -0.202. The highest BCUT2D eigenvalue weighted by Crippen LogP contribution is 2.20. The predicted molar refractivity (Wildman–Crippen MR) is 96.8 cm³/mol. The van der Waals surface area contributed by atoms with Gasteiger partial charge in [0.2, 0.25) is 0 Å². The van der Waals surface area contributed by atoms with E-state index in [1.165, 1.54) is 5.56 Å². The number of ether oxygens (including phenoxy) is 2. The highest BCUT2D eigenvalue weighted by Gasteiger charge is 2.12. The lowest BCUT2D eigenvalue weighted by Crippen LogP contribution is -2.28. The molecule has 0 aliphatic heterocycles. The first-order chi connectivity index (χ1) is 12.3. The van der Waals surface area contributed by atoms with E-state index in [-0.39, 0.29) is 19.1 Å². The summed E-state index contributed by atoms with van der Waals surface area (Å²) in [5, 5.41) is 11.4. The number of amides is 1. The van der Waals surface area contributed by atoms with E-state index in [2.05, 4.69) is 18.3 Å². The van der Waals surface area contributed by atoms with E-state index in [0.29, 0.717) is 31.1 Å². The number of aliphatic hydroxyl groups is 1. The zero-order valence-corrected chi connectivity index (χ0v) is 14.5. The molecule has 0 heterocycles. The van der Waals surface area contributed by atoms with Crippen molar-refractivity contribution >= 4 is 5.91 Å². The summed E-state index contributed by atoms with van der Waals surface area (Å²) in [6, 6.07) is 15.3. The van der Waals surface area contributed by atoms with E-state index < -0.39 is 0 Å². The summed E-state index contributed by atoms with van der Waals surface area (Å²) in [5.74, 6) is 0.356. The Hall–Kier alpha value is -2.37. The molecule has 0 aliphatic carbocycles. The normalized spacial score (nSPS) is 10.5. The lowest BCUT2D eigenvalue weighted by Gasteiger charge is -2.13. The Labute approximate surface area is 148 Å². The van der Waals surface area contributed by atoms with E-state index in [1.807, 2.05) is 30.3 Å². The Morgan fingerprint density at radius 1 is 1.04 bits per heavy atom. The molecular weight excluding hydrogens is 318 g/mol. The van der Waals surface area contributed by atoms with Crippen LogP contribution < -0.4 is 10.1 Å². The molecule has 5 nitrogen and oxygen atoms in total. The number of rotatable bonds is 10. The molecule has 0 saturated heterocycles. The van der Waals surface area contributed by atoms with Crippen molar-refractivity contribution in [1.29, 1.82) is 0 Å². The maximum absolute atomic E-state index is 12.3. The molecule has 0 spiro atoms. The monoisotopic (exact) mass is 343 g/mol. The second-order valence-corrected chi connectivity index (χ2v) is 5.50. The maximum atomic E-state index is 12.3. The van der Waals surface area contributed by atoms with Crippen molar-refractivity contribution < 1.29 is 19.4 Å². The quantitative estimate of drug-likeness (QED) is 0.651. The SMILES string of the molecule is CCc1ccccc1COc1ccccc1C(=O)NCCOCCO. The minimum absolute atomic E-state index is 0.0240. The van der Waals surface area contributed by atoms with Gasteiger partial charge in [-0.05, 0) is 29.7 Å². The molecule has 0 atom stereocenters. The van der Waals surface area contributed by atoms with Gasteiger partial charge in [0.05, 0.1) is 25.4 Å². The van der Waals surface area contributed by atoms with Crippen molar-refractivity contribution in [3.63, 3.8) is 0 Å². The molecule has 0 bridgehead atoms. The van der Waals surface area contributed by atoms with Crippen LogP contribution in [0, 0.1) is 0 Å². The highest BCUT2D eigenvalue weighted by molar-refractivity contribution is 5.96. The van der Waals surface area contributed by atoms with E-state index >= 15 is 0 Å². The van der Waals surface area contributed by atoms with E-state index in [9.17, 15) is 4.79 Å². The molecule has 2 N–H and O–H groups in total. The number of hydrogen-bond donors (Lipinski definition) is 2. The second-order valence-electron chi connectivity index (χ2n) is 5.50. The van der Waals surface area contributed by atoms with Gasteiger partial charge in [-0.25, -0.2) is 0 Å². The van der Waals surface area contributed by atoms with Crippen molar-refractivity contribution in [2.75, 3.05) is 26.4 Å². The summed E-state index contributed by atoms with van der Waals surface area (Å²) in [6.07, 6.45) is 0.940. The molecule has 0 saturated carbocycles. The average molecular weight is 343 g/mol. The largest absolute Gasteiger partial charge is 0.488 e. The van der Waals surface area contributed by atoms with E-state index in [0.717, 1.165) is 12.0 Å². The predicted octanol–water partition coefficient (Wildman–Crippen LogP) is 2.57. The summed E-state index contributed by atoms with van der Waals surface area (Å²) in [5.41, 5.74) is 2.86. The average Bonchev–Trinajstić information content (AvgIpc) is 2.66. The van der Waals surface area contributed by atoms with Gasteiger partial charge < -0.3 is 19.9 Å². The Kier molecular flexibility index (Phi) is 7.95. The molecular formula is C20H25NO4. The maximum Gasteiger partial charge on any atom is 0.255 e. The van der Waals surface area contributed by atoms with Crippen LogP contribution in [-0.4, -0.2) is 37.4 Å². The van der Waals surface area contributed by atoms with Crippen molar-refractivity contribution in [1.82, 2.24) is 5.32 Å². The van der Waals surface area contributed by atoms with Crippen LogP contribution in [0.25, 0.3) is 0 Å². The molecule has 2 aromatic rings. The van der Waals surface area contributed by atoms with Crippen LogP contribution in [0.3, 0.4) is 0 Å². The number of aryl methyl sites for hydroxylation is 1. The van der Waals surface area contributed by atoms with Crippen LogP contribution >= 0.6 is 0 Å². The van der Waals surface area contributed by atoms with Gasteiger partial charge in [0.1, 0.15) is 12.4 Å². The Bertz CT molecular complexity index is 672. The van der Waals surface area contributed by atoms with Crippen molar-refractivity contribution in [2.45, 2.75) is 20.0 Å². The molecule has 2 aromatic carbocycles. The Morgan fingerprint density at radius 2 is 1.76 bits per heavy atom. The molecule has 0 aromatic heterocycles. The summed E-state index contributed by atoms with van der Waals surface area (Å²) in [6.45, 7) is 3.52. The molecule has 0 radical (unpaired) electrons. The van der Waals surface area contributed by atoms with Crippen LogP contribution in [0.2, 0.25) is 0 Å². The van der Waals surface area contributed by atoms with Gasteiger partial charge in [0.25, 0.3) is 5.91 Å². The molecule has 25 heavy (non-hydrogen) atoms. The van der Waals surface area contributed by atoms with Crippen LogP contribution in [-0.2, 0) is 17.8 Å². The van der Waals surface area contributed by atoms with E-state index in [4.69, 9.17) is 14.6 Å². The molecule has 1 amide bonds. The fourth-order valence-electron chi connectivity index (χ4n) is 2.48. The Morgan fingerprint density at radius 3 is 2.52 bits per heavy atom. The number of aliphatic hydroxyl groups excluding tert-OH is 1. The van der Waals surface area contributed by atoms with Crippen molar-refractivity contribution in [3.05, 3.63) is 65.2 Å². The standard InChI is InChI=1S/C20H25NO4/c1-2-16-7-3-4-8-17(16)15-25-19-10-6-5-9-18(19)20(23)21-11-13-24-14-12-22/h3-10,22H,2,11-15H2,1H3,(H,21,23). The zero-order chi connectivity index (χ0) is 17.9. The number of hydrogen-bond acceptors (Lipinski definition) is 4. The van der Waals surface area contributed by atoms with Crippen LogP contribution in [0.15, 0.2) is 48.5 Å². The van der Waals surface area contributed by atoms with Crippen molar-refractivity contribution in [2.24, 2.45) is 0 Å². The smallest absolute Gasteiger partial charge is 0.255 e. The molecule has 0 aliphatic rings. The fraction of sp³-hybridized carbons (Fsp3) is 0.350. The van der Waals surface area contributed by atoms with Gasteiger partial charge in [-0.15, -0.1) is 0 Å². The van der Waals surface area contributed by atoms with Gasteiger partial charge in [0, 0.05) is 6.54 Å². The third kappa shape index (κ3) is 5.89. The van der Waals surface area contributed by atoms with Crippen molar-refractivity contribution in [3.8, 4) is 5.75 Å². The molecule has 2 rings (SSSR count). The third-order valence-corrected chi connectivity index (χ3v) is 3.78. The first kappa shape index (κ1) is 19.0. The number of para-hydroxylation sites is 1. The van der Waals surface area contributed by atoms with Gasteiger partial charge in [0.15, 0.2) is 0 Å². The summed E-state index contributed by atoms with van der Waals surface area (Å²) in [4.78, 5) is 12.3. The lowest BCUT2D eigenvalue weighted by molar-refractivity contribution is 0.0835. The molecule has 0 unspecified atom stereocenters. The van der Waals surface area contributed by atoms with Crippen LogP contribution in [0.5, 0.6) is 5.75 Å². The van der Waals surface area contributed by atoms with Crippen LogP contribution in [0.1, 0.15) is 28.4 Å². The topological polar surface area (TPSA) is 67.8 Å². The number of carbonyl (C=O) groups is 1. The zero-order valence-electron chi connectivity index (χ0n) is 14.5. The number of nitrogens with one attached hydrogen (secondary N) is 1. The highest BCUT2D eigenvalue weighted by atomic mass is 16.5. The first-order valence-electron chi connectivity index (χ1n) is 8.51. The first-order valence-corrected chi connectivity index (χ1v) is 8.51. The summed E-state index contributed by atoms with van der Waals surface area (Å²) >= 11 is 0. The van der Waals surface area contributed by atoms with Crippen LogP contribution in [0.4, 0.5) is 0 Å². The van der Waals surface area contributed by atoms with E-state index in [1.54, 1.807) is 12.1 Å². The molecule has 0 fully saturated rings. The summed E-state index contributed by atoms with van der Waals surface area (Å²) in [7, 11) is 0. The third-order valence-electron chi connectivity index (χ3n) is 3.78.